The van der Waals surface area contributed by atoms with Gasteiger partial charge in [-0.15, -0.1) is 10.2 Å². The van der Waals surface area contributed by atoms with Crippen LogP contribution in [0.25, 0.3) is 5.65 Å². The zero-order valence-electron chi connectivity index (χ0n) is 12.6. The second-order valence-corrected chi connectivity index (χ2v) is 5.73. The van der Waals surface area contributed by atoms with Crippen molar-refractivity contribution >= 4 is 11.5 Å². The molecule has 1 atom stereocenters. The van der Waals surface area contributed by atoms with Crippen molar-refractivity contribution in [1.29, 1.82) is 0 Å². The van der Waals surface area contributed by atoms with Gasteiger partial charge in [-0.3, -0.25) is 4.40 Å². The molecule has 0 N–H and O–H groups in total. The van der Waals surface area contributed by atoms with Crippen LogP contribution in [-0.2, 0) is 0 Å². The summed E-state index contributed by atoms with van der Waals surface area (Å²) in [7, 11) is 0. The van der Waals surface area contributed by atoms with Gasteiger partial charge in [0.05, 0.1) is 0 Å². The van der Waals surface area contributed by atoms with Gasteiger partial charge in [-0.2, -0.15) is 0 Å². The van der Waals surface area contributed by atoms with Crippen molar-refractivity contribution in [2.45, 2.75) is 25.7 Å². The topological polar surface area (TPSA) is 59.2 Å². The molecule has 1 aliphatic heterocycles. The monoisotopic (exact) mass is 294 g/mol. The third kappa shape index (κ3) is 2.30. The fraction of sp³-hybridized carbons (Fsp3) is 0.375. The second-order valence-electron chi connectivity index (χ2n) is 5.73. The minimum atomic E-state index is 0.376. The summed E-state index contributed by atoms with van der Waals surface area (Å²) in [6, 6.07) is 7.99. The fourth-order valence-corrected chi connectivity index (χ4v) is 3.15. The van der Waals surface area contributed by atoms with Gasteiger partial charge >= 0.3 is 0 Å². The lowest BCUT2D eigenvalue weighted by atomic mass is 9.97. The minimum absolute atomic E-state index is 0.376. The SMILES string of the molecule is Cc1nccc(N2CCCC(c3nnc4ccccn34)C2)n1. The van der Waals surface area contributed by atoms with Crippen LogP contribution in [0.4, 0.5) is 5.82 Å². The minimum Gasteiger partial charge on any atom is -0.356 e. The van der Waals surface area contributed by atoms with Gasteiger partial charge in [0.2, 0.25) is 0 Å². The maximum Gasteiger partial charge on any atom is 0.160 e. The molecule has 6 heteroatoms. The lowest BCUT2D eigenvalue weighted by Crippen LogP contribution is -2.35. The maximum atomic E-state index is 4.55. The molecule has 0 amide bonds. The molecule has 0 radical (unpaired) electrons. The summed E-state index contributed by atoms with van der Waals surface area (Å²) in [5.41, 5.74) is 0.910. The van der Waals surface area contributed by atoms with Gasteiger partial charge in [-0.25, -0.2) is 9.97 Å². The van der Waals surface area contributed by atoms with Gasteiger partial charge in [0.25, 0.3) is 0 Å². The van der Waals surface area contributed by atoms with E-state index in [0.717, 1.165) is 49.0 Å². The molecule has 0 bridgehead atoms. The number of aryl methyl sites for hydroxylation is 1. The fourth-order valence-electron chi connectivity index (χ4n) is 3.15. The molecule has 4 heterocycles. The van der Waals surface area contributed by atoms with Crippen LogP contribution in [0.5, 0.6) is 0 Å². The predicted molar refractivity (Wildman–Crippen MR) is 83.9 cm³/mol. The quantitative estimate of drug-likeness (QED) is 0.725. The van der Waals surface area contributed by atoms with E-state index in [-0.39, 0.29) is 0 Å². The molecule has 112 valence electrons. The molecule has 6 nitrogen and oxygen atoms in total. The van der Waals surface area contributed by atoms with Crippen molar-refractivity contribution in [3.8, 4) is 0 Å². The molecule has 4 rings (SSSR count). The summed E-state index contributed by atoms with van der Waals surface area (Å²) in [6.07, 6.45) is 6.14. The Hall–Kier alpha value is -2.50. The number of hydrogen-bond donors (Lipinski definition) is 0. The highest BCUT2D eigenvalue weighted by atomic mass is 15.3. The van der Waals surface area contributed by atoms with Gasteiger partial charge in [0.15, 0.2) is 5.65 Å². The molecule has 1 unspecified atom stereocenters. The third-order valence-electron chi connectivity index (χ3n) is 4.21. The van der Waals surface area contributed by atoms with E-state index in [9.17, 15) is 0 Å². The first-order valence-corrected chi connectivity index (χ1v) is 7.65. The van der Waals surface area contributed by atoms with E-state index >= 15 is 0 Å². The van der Waals surface area contributed by atoms with E-state index in [1.165, 1.54) is 0 Å². The molecule has 3 aromatic heterocycles. The molecule has 22 heavy (non-hydrogen) atoms. The van der Waals surface area contributed by atoms with Crippen LogP contribution < -0.4 is 4.90 Å². The highest BCUT2D eigenvalue weighted by Crippen LogP contribution is 2.28. The zero-order valence-corrected chi connectivity index (χ0v) is 12.6. The Kier molecular flexibility index (Phi) is 3.21. The number of piperidine rings is 1. The van der Waals surface area contributed by atoms with E-state index in [1.807, 2.05) is 43.6 Å². The predicted octanol–water partition coefficient (Wildman–Crippen LogP) is 2.21. The smallest absolute Gasteiger partial charge is 0.160 e. The van der Waals surface area contributed by atoms with E-state index in [0.29, 0.717) is 5.92 Å². The Balaban J connectivity index is 1.63. The first kappa shape index (κ1) is 13.2. The van der Waals surface area contributed by atoms with Crippen LogP contribution in [0.3, 0.4) is 0 Å². The number of fused-ring (bicyclic) bond motifs is 1. The molecule has 0 aromatic carbocycles. The molecule has 0 saturated carbocycles. The normalized spacial score (nSPS) is 18.8. The average molecular weight is 294 g/mol. The summed E-state index contributed by atoms with van der Waals surface area (Å²) in [4.78, 5) is 11.1. The van der Waals surface area contributed by atoms with Gasteiger partial charge in [0.1, 0.15) is 17.5 Å². The molecule has 0 spiro atoms. The van der Waals surface area contributed by atoms with Crippen LogP contribution in [0.1, 0.15) is 30.4 Å². The Labute approximate surface area is 128 Å². The Morgan fingerprint density at radius 2 is 2.14 bits per heavy atom. The molecule has 3 aromatic rings. The van der Waals surface area contributed by atoms with Crippen molar-refractivity contribution < 1.29 is 0 Å². The number of nitrogens with zero attached hydrogens (tertiary/aromatic N) is 6. The number of aromatic nitrogens is 5. The van der Waals surface area contributed by atoms with Crippen molar-refractivity contribution in [2.75, 3.05) is 18.0 Å². The van der Waals surface area contributed by atoms with Crippen molar-refractivity contribution in [1.82, 2.24) is 24.6 Å². The van der Waals surface area contributed by atoms with E-state index in [1.54, 1.807) is 0 Å². The molecule has 1 saturated heterocycles. The number of anilines is 1. The molecular weight excluding hydrogens is 276 g/mol. The maximum absolute atomic E-state index is 4.55. The first-order chi connectivity index (χ1) is 10.8. The third-order valence-corrected chi connectivity index (χ3v) is 4.21. The van der Waals surface area contributed by atoms with Crippen LogP contribution in [-0.4, -0.2) is 37.7 Å². The largest absolute Gasteiger partial charge is 0.356 e. The van der Waals surface area contributed by atoms with Crippen LogP contribution >= 0.6 is 0 Å². The Morgan fingerprint density at radius 3 is 3.05 bits per heavy atom. The lowest BCUT2D eigenvalue weighted by Gasteiger charge is -2.32. The average Bonchev–Trinajstić information content (AvgIpc) is 2.99. The van der Waals surface area contributed by atoms with Crippen LogP contribution in [0.15, 0.2) is 36.7 Å². The van der Waals surface area contributed by atoms with Crippen molar-refractivity contribution in [2.24, 2.45) is 0 Å². The zero-order chi connectivity index (χ0) is 14.9. The lowest BCUT2D eigenvalue weighted by molar-refractivity contribution is 0.485. The molecule has 1 aliphatic rings. The van der Waals surface area contributed by atoms with Gasteiger partial charge < -0.3 is 4.90 Å². The summed E-state index contributed by atoms with van der Waals surface area (Å²) in [6.45, 7) is 3.88. The molecular formula is C16H18N6. The summed E-state index contributed by atoms with van der Waals surface area (Å²) >= 11 is 0. The first-order valence-electron chi connectivity index (χ1n) is 7.65. The highest BCUT2D eigenvalue weighted by Gasteiger charge is 2.26. The summed E-state index contributed by atoms with van der Waals surface area (Å²) < 4.78 is 2.10. The van der Waals surface area contributed by atoms with Gasteiger partial charge in [0, 0.05) is 31.4 Å². The summed E-state index contributed by atoms with van der Waals surface area (Å²) in [5.74, 6) is 3.24. The van der Waals surface area contributed by atoms with E-state index < -0.39 is 0 Å². The number of pyridine rings is 1. The summed E-state index contributed by atoms with van der Waals surface area (Å²) in [5, 5.41) is 8.69. The Bertz CT molecular complexity index is 796. The highest BCUT2D eigenvalue weighted by molar-refractivity contribution is 5.41. The van der Waals surface area contributed by atoms with Crippen molar-refractivity contribution in [3.05, 3.63) is 48.3 Å². The molecule has 0 aliphatic carbocycles. The van der Waals surface area contributed by atoms with Gasteiger partial charge in [-0.05, 0) is 38.0 Å². The Morgan fingerprint density at radius 1 is 1.18 bits per heavy atom. The number of rotatable bonds is 2. The van der Waals surface area contributed by atoms with Crippen LogP contribution in [0.2, 0.25) is 0 Å². The van der Waals surface area contributed by atoms with E-state index in [2.05, 4.69) is 29.5 Å². The van der Waals surface area contributed by atoms with Crippen molar-refractivity contribution in [3.63, 3.8) is 0 Å². The second kappa shape index (κ2) is 5.36. The van der Waals surface area contributed by atoms with Gasteiger partial charge in [-0.1, -0.05) is 6.07 Å². The standard InChI is InChI=1S/C16H18N6/c1-12-17-8-7-14(18-12)21-9-4-5-13(11-21)16-20-19-15-6-2-3-10-22(15)16/h2-3,6-8,10,13H,4-5,9,11H2,1H3. The van der Waals surface area contributed by atoms with E-state index in [4.69, 9.17) is 0 Å². The number of hydrogen-bond acceptors (Lipinski definition) is 5. The molecule has 1 fully saturated rings. The van der Waals surface area contributed by atoms with Crippen LogP contribution in [0, 0.1) is 6.92 Å².